The topological polar surface area (TPSA) is 35.2 Å². The van der Waals surface area contributed by atoms with E-state index in [0.29, 0.717) is 6.61 Å². The van der Waals surface area contributed by atoms with Gasteiger partial charge < -0.3 is 10.5 Å². The zero-order valence-corrected chi connectivity index (χ0v) is 12.6. The molecule has 0 aliphatic rings. The maximum absolute atomic E-state index is 5.89. The van der Waals surface area contributed by atoms with Gasteiger partial charge in [0.15, 0.2) is 0 Å². The predicted molar refractivity (Wildman–Crippen MR) is 87.3 cm³/mol. The van der Waals surface area contributed by atoms with Crippen LogP contribution in [0.5, 0.6) is 5.75 Å². The van der Waals surface area contributed by atoms with Crippen molar-refractivity contribution in [2.24, 2.45) is 5.73 Å². The van der Waals surface area contributed by atoms with Gasteiger partial charge in [0.25, 0.3) is 0 Å². The first-order valence-corrected chi connectivity index (χ1v) is 7.17. The van der Waals surface area contributed by atoms with Crippen LogP contribution in [-0.2, 0) is 6.42 Å². The van der Waals surface area contributed by atoms with Crippen LogP contribution in [0.4, 0.5) is 0 Å². The van der Waals surface area contributed by atoms with Crippen molar-refractivity contribution < 1.29 is 4.74 Å². The molecule has 1 atom stereocenters. The zero-order valence-electron chi connectivity index (χ0n) is 12.6. The zero-order chi connectivity index (χ0) is 15.1. The molecule has 2 N–H and O–H groups in total. The molecule has 0 aliphatic carbocycles. The second kappa shape index (κ2) is 7.52. The fourth-order valence-corrected chi connectivity index (χ4v) is 2.13. The Morgan fingerprint density at radius 3 is 2.62 bits per heavy atom. The Hall–Kier alpha value is -2.24. The lowest BCUT2D eigenvalue weighted by Crippen LogP contribution is -2.18. The Kier molecular flexibility index (Phi) is 5.43. The van der Waals surface area contributed by atoms with E-state index in [1.54, 1.807) is 0 Å². The van der Waals surface area contributed by atoms with Crippen molar-refractivity contribution in [1.82, 2.24) is 0 Å². The molecule has 21 heavy (non-hydrogen) atoms. The van der Waals surface area contributed by atoms with E-state index in [4.69, 9.17) is 10.5 Å². The van der Waals surface area contributed by atoms with Gasteiger partial charge in [-0.05, 0) is 44.0 Å². The predicted octanol–water partition coefficient (Wildman–Crippen LogP) is 3.32. The summed E-state index contributed by atoms with van der Waals surface area (Å²) in [5.41, 5.74) is 9.25. The molecule has 0 saturated carbocycles. The van der Waals surface area contributed by atoms with E-state index < -0.39 is 0 Å². The summed E-state index contributed by atoms with van der Waals surface area (Å²) in [6.45, 7) is 4.45. The van der Waals surface area contributed by atoms with Crippen LogP contribution in [0, 0.1) is 18.8 Å². The highest BCUT2D eigenvalue weighted by molar-refractivity contribution is 5.38. The standard InChI is InChI=1S/C19H21NO/c1-15-10-11-19(18(13-15)14-16(2)20)21-12-6-9-17-7-4-3-5-8-17/h3-5,7-8,10-11,13,16H,12,14,20H2,1-2H3. The molecule has 0 spiro atoms. The molecular formula is C19H21NO. The van der Waals surface area contributed by atoms with Gasteiger partial charge in [-0.15, -0.1) is 0 Å². The van der Waals surface area contributed by atoms with Crippen LogP contribution in [0.1, 0.15) is 23.6 Å². The molecule has 0 aromatic heterocycles. The van der Waals surface area contributed by atoms with Crippen LogP contribution in [0.15, 0.2) is 48.5 Å². The molecule has 0 saturated heterocycles. The van der Waals surface area contributed by atoms with Crippen LogP contribution < -0.4 is 10.5 Å². The van der Waals surface area contributed by atoms with Gasteiger partial charge in [-0.2, -0.15) is 0 Å². The molecule has 0 fully saturated rings. The lowest BCUT2D eigenvalue weighted by Gasteiger charge is -2.12. The van der Waals surface area contributed by atoms with Crippen molar-refractivity contribution in [2.45, 2.75) is 26.3 Å². The van der Waals surface area contributed by atoms with Crippen molar-refractivity contribution in [2.75, 3.05) is 6.61 Å². The minimum Gasteiger partial charge on any atom is -0.481 e. The maximum Gasteiger partial charge on any atom is 0.149 e. The van der Waals surface area contributed by atoms with E-state index in [1.807, 2.05) is 49.4 Å². The molecule has 0 radical (unpaired) electrons. The average Bonchev–Trinajstić information content (AvgIpc) is 2.46. The monoisotopic (exact) mass is 279 g/mol. The summed E-state index contributed by atoms with van der Waals surface area (Å²) >= 11 is 0. The molecule has 2 aromatic rings. The fourth-order valence-electron chi connectivity index (χ4n) is 2.13. The Bertz CT molecular complexity index is 636. The van der Waals surface area contributed by atoms with Crippen molar-refractivity contribution >= 4 is 0 Å². The molecule has 0 amide bonds. The maximum atomic E-state index is 5.89. The molecule has 0 heterocycles. The van der Waals surface area contributed by atoms with Crippen molar-refractivity contribution in [3.8, 4) is 17.6 Å². The number of benzene rings is 2. The van der Waals surface area contributed by atoms with Gasteiger partial charge in [-0.3, -0.25) is 0 Å². The fraction of sp³-hybridized carbons (Fsp3) is 0.263. The van der Waals surface area contributed by atoms with Gasteiger partial charge in [-0.1, -0.05) is 47.7 Å². The second-order valence-corrected chi connectivity index (χ2v) is 5.25. The summed E-state index contributed by atoms with van der Waals surface area (Å²) in [7, 11) is 0. The third-order valence-electron chi connectivity index (χ3n) is 3.06. The smallest absolute Gasteiger partial charge is 0.149 e. The summed E-state index contributed by atoms with van der Waals surface area (Å²) < 4.78 is 5.79. The molecule has 0 bridgehead atoms. The number of nitrogens with two attached hydrogens (primary N) is 1. The number of hydrogen-bond acceptors (Lipinski definition) is 2. The van der Waals surface area contributed by atoms with Gasteiger partial charge in [0.05, 0.1) is 0 Å². The van der Waals surface area contributed by atoms with E-state index in [2.05, 4.69) is 24.8 Å². The Labute approximate surface area is 126 Å². The van der Waals surface area contributed by atoms with Gasteiger partial charge in [0, 0.05) is 11.6 Å². The van der Waals surface area contributed by atoms with Crippen LogP contribution in [0.3, 0.4) is 0 Å². The number of ether oxygens (including phenoxy) is 1. The van der Waals surface area contributed by atoms with Crippen LogP contribution in [0.25, 0.3) is 0 Å². The minimum absolute atomic E-state index is 0.115. The quantitative estimate of drug-likeness (QED) is 0.871. The third-order valence-corrected chi connectivity index (χ3v) is 3.06. The average molecular weight is 279 g/mol. The first kappa shape index (κ1) is 15.2. The summed E-state index contributed by atoms with van der Waals surface area (Å²) in [5, 5.41) is 0. The van der Waals surface area contributed by atoms with Gasteiger partial charge in [0.1, 0.15) is 12.4 Å². The van der Waals surface area contributed by atoms with Crippen molar-refractivity contribution in [1.29, 1.82) is 0 Å². The normalized spacial score (nSPS) is 11.4. The molecule has 2 rings (SSSR count). The highest BCUT2D eigenvalue weighted by Crippen LogP contribution is 2.21. The molecular weight excluding hydrogens is 258 g/mol. The molecule has 2 nitrogen and oxygen atoms in total. The summed E-state index contributed by atoms with van der Waals surface area (Å²) in [6, 6.07) is 16.2. The van der Waals surface area contributed by atoms with Gasteiger partial charge in [0.2, 0.25) is 0 Å². The van der Waals surface area contributed by atoms with E-state index in [0.717, 1.165) is 23.3 Å². The third kappa shape index (κ3) is 4.98. The van der Waals surface area contributed by atoms with Gasteiger partial charge >= 0.3 is 0 Å². The summed E-state index contributed by atoms with van der Waals surface area (Å²) in [4.78, 5) is 0. The van der Waals surface area contributed by atoms with Crippen LogP contribution in [0.2, 0.25) is 0 Å². The van der Waals surface area contributed by atoms with Crippen LogP contribution in [-0.4, -0.2) is 12.6 Å². The summed E-state index contributed by atoms with van der Waals surface area (Å²) in [6.07, 6.45) is 0.809. The lowest BCUT2D eigenvalue weighted by atomic mass is 10.0. The number of hydrogen-bond donors (Lipinski definition) is 1. The van der Waals surface area contributed by atoms with Crippen molar-refractivity contribution in [3.05, 3.63) is 65.2 Å². The van der Waals surface area contributed by atoms with E-state index in [1.165, 1.54) is 5.56 Å². The molecule has 2 aromatic carbocycles. The minimum atomic E-state index is 0.115. The SMILES string of the molecule is Cc1ccc(OCC#Cc2ccccc2)c(CC(C)N)c1. The summed E-state index contributed by atoms with van der Waals surface area (Å²) in [5.74, 6) is 7.00. The molecule has 1 unspecified atom stereocenters. The van der Waals surface area contributed by atoms with E-state index in [9.17, 15) is 0 Å². The largest absolute Gasteiger partial charge is 0.481 e. The van der Waals surface area contributed by atoms with Crippen LogP contribution >= 0.6 is 0 Å². The highest BCUT2D eigenvalue weighted by Gasteiger charge is 2.06. The molecule has 0 aliphatic heterocycles. The van der Waals surface area contributed by atoms with E-state index >= 15 is 0 Å². The van der Waals surface area contributed by atoms with E-state index in [-0.39, 0.29) is 6.04 Å². The number of rotatable bonds is 4. The molecule has 108 valence electrons. The Morgan fingerprint density at radius 1 is 1.14 bits per heavy atom. The first-order valence-electron chi connectivity index (χ1n) is 7.17. The lowest BCUT2D eigenvalue weighted by molar-refractivity contribution is 0.365. The first-order chi connectivity index (χ1) is 10.1. The number of aryl methyl sites for hydroxylation is 1. The highest BCUT2D eigenvalue weighted by atomic mass is 16.5. The van der Waals surface area contributed by atoms with Crippen molar-refractivity contribution in [3.63, 3.8) is 0 Å². The molecule has 2 heteroatoms. The van der Waals surface area contributed by atoms with Gasteiger partial charge in [-0.25, -0.2) is 0 Å². The Morgan fingerprint density at radius 2 is 1.90 bits per heavy atom. The Balaban J connectivity index is 2.02. The second-order valence-electron chi connectivity index (χ2n) is 5.25.